The second-order valence-electron chi connectivity index (χ2n) is 3.95. The first-order valence-electron chi connectivity index (χ1n) is 5.73. The van der Waals surface area contributed by atoms with Gasteiger partial charge in [0.05, 0.1) is 0 Å². The third-order valence-corrected chi connectivity index (χ3v) is 3.58. The highest BCUT2D eigenvalue weighted by Gasteiger charge is 1.98. The molecule has 0 amide bonds. The summed E-state index contributed by atoms with van der Waals surface area (Å²) < 4.78 is 0. The average Bonchev–Trinajstić information content (AvgIpc) is 2.29. The summed E-state index contributed by atoms with van der Waals surface area (Å²) in [4.78, 5) is 0. The van der Waals surface area contributed by atoms with Crippen LogP contribution in [0.1, 0.15) is 18.1 Å². The van der Waals surface area contributed by atoms with Crippen LogP contribution in [0.5, 0.6) is 0 Å². The van der Waals surface area contributed by atoms with E-state index in [1.807, 2.05) is 11.8 Å². The highest BCUT2D eigenvalue weighted by molar-refractivity contribution is 7.98. The van der Waals surface area contributed by atoms with Crippen molar-refractivity contribution in [3.8, 4) is 0 Å². The third-order valence-electron chi connectivity index (χ3n) is 2.45. The van der Waals surface area contributed by atoms with Gasteiger partial charge in [-0.1, -0.05) is 43.3 Å². The predicted octanol–water partition coefficient (Wildman–Crippen LogP) is 3.39. The Bertz CT molecular complexity index is 333. The Morgan fingerprint density at radius 3 is 2.81 bits per heavy atom. The normalized spacial score (nSPS) is 10.4. The Kier molecular flexibility index (Phi) is 6.27. The second kappa shape index (κ2) is 7.53. The van der Waals surface area contributed by atoms with Gasteiger partial charge in [-0.15, -0.1) is 0 Å². The van der Waals surface area contributed by atoms with Crippen LogP contribution >= 0.6 is 11.8 Å². The number of benzene rings is 1. The van der Waals surface area contributed by atoms with E-state index in [0.29, 0.717) is 0 Å². The fourth-order valence-corrected chi connectivity index (χ4v) is 2.47. The quantitative estimate of drug-likeness (QED) is 0.727. The molecular weight excluding hydrogens is 214 g/mol. The highest BCUT2D eigenvalue weighted by atomic mass is 32.2. The molecule has 1 N–H and O–H groups in total. The number of likely N-dealkylation sites (N-methyl/N-ethyl adjacent to an activating group) is 1. The summed E-state index contributed by atoms with van der Waals surface area (Å²) in [6.07, 6.45) is 0. The number of rotatable bonds is 7. The molecular formula is C14H21NS. The highest BCUT2D eigenvalue weighted by Crippen LogP contribution is 2.17. The minimum absolute atomic E-state index is 0.942. The van der Waals surface area contributed by atoms with Crippen molar-refractivity contribution in [2.45, 2.75) is 19.6 Å². The molecule has 0 bridgehead atoms. The van der Waals surface area contributed by atoms with Crippen LogP contribution in [0.4, 0.5) is 0 Å². The van der Waals surface area contributed by atoms with Crippen LogP contribution in [0, 0.1) is 6.92 Å². The van der Waals surface area contributed by atoms with Gasteiger partial charge in [0.1, 0.15) is 0 Å². The van der Waals surface area contributed by atoms with Gasteiger partial charge in [0.25, 0.3) is 0 Å². The summed E-state index contributed by atoms with van der Waals surface area (Å²) in [6.45, 7) is 10.3. The first-order valence-corrected chi connectivity index (χ1v) is 6.89. The SMILES string of the molecule is C=C(CNCC)CSCc1ccccc1C. The Hall–Kier alpha value is -0.730. The Labute approximate surface area is 103 Å². The van der Waals surface area contributed by atoms with Crippen LogP contribution in [0.2, 0.25) is 0 Å². The van der Waals surface area contributed by atoms with Crippen LogP contribution in [0.25, 0.3) is 0 Å². The van der Waals surface area contributed by atoms with Crippen LogP contribution in [0.3, 0.4) is 0 Å². The molecule has 0 aliphatic heterocycles. The fraction of sp³-hybridized carbons (Fsp3) is 0.429. The van der Waals surface area contributed by atoms with E-state index in [9.17, 15) is 0 Å². The number of thioether (sulfide) groups is 1. The summed E-state index contributed by atoms with van der Waals surface area (Å²) in [5, 5.41) is 3.30. The van der Waals surface area contributed by atoms with E-state index in [-0.39, 0.29) is 0 Å². The van der Waals surface area contributed by atoms with Gasteiger partial charge < -0.3 is 5.32 Å². The summed E-state index contributed by atoms with van der Waals surface area (Å²) in [5.41, 5.74) is 4.09. The largest absolute Gasteiger partial charge is 0.313 e. The molecule has 0 heterocycles. The summed E-state index contributed by atoms with van der Waals surface area (Å²) in [7, 11) is 0. The molecule has 1 aromatic carbocycles. The van der Waals surface area contributed by atoms with Gasteiger partial charge in [0.2, 0.25) is 0 Å². The van der Waals surface area contributed by atoms with E-state index in [0.717, 1.165) is 24.6 Å². The molecule has 0 unspecified atom stereocenters. The zero-order valence-corrected chi connectivity index (χ0v) is 11.1. The predicted molar refractivity (Wildman–Crippen MR) is 75.0 cm³/mol. The lowest BCUT2D eigenvalue weighted by Gasteiger charge is -2.07. The molecule has 0 radical (unpaired) electrons. The molecule has 2 heteroatoms. The van der Waals surface area contributed by atoms with Crippen molar-refractivity contribution in [1.82, 2.24) is 5.32 Å². The molecule has 1 aromatic rings. The standard InChI is InChI=1S/C14H21NS/c1-4-15-9-12(2)10-16-11-14-8-6-5-7-13(14)3/h5-8,15H,2,4,9-11H2,1,3H3. The van der Waals surface area contributed by atoms with Gasteiger partial charge in [-0.3, -0.25) is 0 Å². The molecule has 0 aliphatic rings. The summed E-state index contributed by atoms with van der Waals surface area (Å²) in [5.74, 6) is 2.12. The number of aryl methyl sites for hydroxylation is 1. The van der Waals surface area contributed by atoms with Gasteiger partial charge in [-0.2, -0.15) is 11.8 Å². The van der Waals surface area contributed by atoms with E-state index in [1.165, 1.54) is 16.7 Å². The van der Waals surface area contributed by atoms with Crippen molar-refractivity contribution < 1.29 is 0 Å². The smallest absolute Gasteiger partial charge is 0.0190 e. The first kappa shape index (κ1) is 13.3. The van der Waals surface area contributed by atoms with Crippen molar-refractivity contribution in [3.05, 3.63) is 47.5 Å². The van der Waals surface area contributed by atoms with Crippen molar-refractivity contribution in [1.29, 1.82) is 0 Å². The van der Waals surface area contributed by atoms with Crippen molar-refractivity contribution >= 4 is 11.8 Å². The molecule has 1 rings (SSSR count). The molecule has 0 fully saturated rings. The van der Waals surface area contributed by atoms with Crippen LogP contribution < -0.4 is 5.32 Å². The van der Waals surface area contributed by atoms with Gasteiger partial charge in [0.15, 0.2) is 0 Å². The van der Waals surface area contributed by atoms with Crippen molar-refractivity contribution in [2.24, 2.45) is 0 Å². The Balaban J connectivity index is 2.25. The summed E-state index contributed by atoms with van der Waals surface area (Å²) in [6, 6.07) is 8.57. The topological polar surface area (TPSA) is 12.0 Å². The van der Waals surface area contributed by atoms with Crippen molar-refractivity contribution in [3.63, 3.8) is 0 Å². The minimum atomic E-state index is 0.942. The first-order chi connectivity index (χ1) is 7.74. The van der Waals surface area contributed by atoms with E-state index in [4.69, 9.17) is 0 Å². The average molecular weight is 235 g/mol. The lowest BCUT2D eigenvalue weighted by Crippen LogP contribution is -2.16. The van der Waals surface area contributed by atoms with Gasteiger partial charge in [-0.25, -0.2) is 0 Å². The van der Waals surface area contributed by atoms with Gasteiger partial charge >= 0.3 is 0 Å². The molecule has 1 nitrogen and oxygen atoms in total. The van der Waals surface area contributed by atoms with Crippen LogP contribution in [-0.4, -0.2) is 18.8 Å². The minimum Gasteiger partial charge on any atom is -0.313 e. The number of hydrogen-bond acceptors (Lipinski definition) is 2. The second-order valence-corrected chi connectivity index (χ2v) is 4.94. The van der Waals surface area contributed by atoms with E-state index in [1.54, 1.807) is 0 Å². The summed E-state index contributed by atoms with van der Waals surface area (Å²) >= 11 is 1.94. The molecule has 0 saturated carbocycles. The molecule has 88 valence electrons. The van der Waals surface area contributed by atoms with Crippen molar-refractivity contribution in [2.75, 3.05) is 18.8 Å². The van der Waals surface area contributed by atoms with Gasteiger partial charge in [0, 0.05) is 18.1 Å². The maximum atomic E-state index is 4.06. The zero-order chi connectivity index (χ0) is 11.8. The Morgan fingerprint density at radius 1 is 1.38 bits per heavy atom. The van der Waals surface area contributed by atoms with Gasteiger partial charge in [-0.05, 0) is 24.6 Å². The van der Waals surface area contributed by atoms with Crippen LogP contribution in [-0.2, 0) is 5.75 Å². The number of nitrogens with one attached hydrogen (secondary N) is 1. The maximum absolute atomic E-state index is 4.06. The molecule has 16 heavy (non-hydrogen) atoms. The molecule has 0 aromatic heterocycles. The van der Waals surface area contributed by atoms with E-state index < -0.39 is 0 Å². The fourth-order valence-electron chi connectivity index (χ4n) is 1.43. The third kappa shape index (κ3) is 4.86. The zero-order valence-electron chi connectivity index (χ0n) is 10.3. The van der Waals surface area contributed by atoms with Crippen LogP contribution in [0.15, 0.2) is 36.4 Å². The maximum Gasteiger partial charge on any atom is 0.0190 e. The van der Waals surface area contributed by atoms with E-state index >= 15 is 0 Å². The monoisotopic (exact) mass is 235 g/mol. The molecule has 0 saturated heterocycles. The lowest BCUT2D eigenvalue weighted by atomic mass is 10.1. The molecule has 0 atom stereocenters. The number of hydrogen-bond donors (Lipinski definition) is 1. The molecule has 0 aliphatic carbocycles. The Morgan fingerprint density at radius 2 is 2.12 bits per heavy atom. The molecule has 0 spiro atoms. The van der Waals surface area contributed by atoms with E-state index in [2.05, 4.69) is 50.0 Å². The lowest BCUT2D eigenvalue weighted by molar-refractivity contribution is 0.779.